The van der Waals surface area contributed by atoms with Gasteiger partial charge in [0.1, 0.15) is 5.78 Å². The molecule has 2 aliphatic rings. The molecule has 3 rings (SSSR count). The zero-order chi connectivity index (χ0) is 20.7. The SMILES string of the molecule is Cc1ccc(NC(=O)CCNS(=O)(=O)CC23CCC(CC2=O)C3(C)C)c(Cl)c1. The molecule has 154 valence electrons. The Morgan fingerprint density at radius 3 is 2.61 bits per heavy atom. The highest BCUT2D eigenvalue weighted by Crippen LogP contribution is 2.64. The maximum Gasteiger partial charge on any atom is 0.225 e. The van der Waals surface area contributed by atoms with Crippen molar-refractivity contribution in [1.82, 2.24) is 4.72 Å². The zero-order valence-electron chi connectivity index (χ0n) is 16.5. The number of aryl methyl sites for hydroxylation is 1. The Labute approximate surface area is 171 Å². The summed E-state index contributed by atoms with van der Waals surface area (Å²) in [6.45, 7) is 5.88. The molecule has 2 bridgehead atoms. The van der Waals surface area contributed by atoms with Gasteiger partial charge in [-0.3, -0.25) is 9.59 Å². The Balaban J connectivity index is 1.55. The summed E-state index contributed by atoms with van der Waals surface area (Å²) >= 11 is 6.09. The number of carbonyl (C=O) groups is 2. The van der Waals surface area contributed by atoms with Crippen LogP contribution in [-0.4, -0.2) is 32.4 Å². The van der Waals surface area contributed by atoms with Crippen LogP contribution in [0.15, 0.2) is 18.2 Å². The van der Waals surface area contributed by atoms with Crippen molar-refractivity contribution in [2.24, 2.45) is 16.7 Å². The standard InChI is InChI=1S/C20H27ClN2O4S/c1-13-4-5-16(15(21)10-13)23-18(25)7-9-22-28(26,27)12-20-8-6-14(11-17(20)24)19(20,2)3/h4-5,10,14,22H,6-9,11-12H2,1-3H3,(H,23,25). The highest BCUT2D eigenvalue weighted by Gasteiger charge is 2.65. The summed E-state index contributed by atoms with van der Waals surface area (Å²) in [5.41, 5.74) is 0.363. The first-order valence-corrected chi connectivity index (χ1v) is 11.6. The van der Waals surface area contributed by atoms with Crippen molar-refractivity contribution in [3.63, 3.8) is 0 Å². The van der Waals surface area contributed by atoms with E-state index in [9.17, 15) is 18.0 Å². The van der Waals surface area contributed by atoms with E-state index in [-0.39, 0.29) is 41.7 Å². The van der Waals surface area contributed by atoms with E-state index in [1.807, 2.05) is 26.8 Å². The largest absolute Gasteiger partial charge is 0.325 e. The number of nitrogens with one attached hydrogen (secondary N) is 2. The molecule has 0 radical (unpaired) electrons. The maximum absolute atomic E-state index is 12.6. The lowest BCUT2D eigenvalue weighted by molar-refractivity contribution is -0.128. The van der Waals surface area contributed by atoms with E-state index in [1.54, 1.807) is 12.1 Å². The van der Waals surface area contributed by atoms with E-state index in [0.717, 1.165) is 12.0 Å². The van der Waals surface area contributed by atoms with Crippen LogP contribution in [0.5, 0.6) is 0 Å². The quantitative estimate of drug-likeness (QED) is 0.699. The van der Waals surface area contributed by atoms with Crippen molar-refractivity contribution in [2.45, 2.75) is 46.5 Å². The highest BCUT2D eigenvalue weighted by molar-refractivity contribution is 7.89. The number of rotatable bonds is 7. The Hall–Kier alpha value is -1.44. The fraction of sp³-hybridized carbons (Fsp3) is 0.600. The van der Waals surface area contributed by atoms with Crippen molar-refractivity contribution in [2.75, 3.05) is 17.6 Å². The second-order valence-corrected chi connectivity index (χ2v) is 10.8. The molecule has 6 nitrogen and oxygen atoms in total. The molecule has 1 aromatic rings. The predicted octanol–water partition coefficient (Wildman–Crippen LogP) is 3.29. The number of carbonyl (C=O) groups excluding carboxylic acids is 2. The summed E-state index contributed by atoms with van der Waals surface area (Å²) in [6.07, 6.45) is 1.98. The molecule has 2 saturated carbocycles. The molecule has 28 heavy (non-hydrogen) atoms. The van der Waals surface area contributed by atoms with Gasteiger partial charge in [0.2, 0.25) is 15.9 Å². The van der Waals surface area contributed by atoms with Crippen molar-refractivity contribution in [3.8, 4) is 0 Å². The van der Waals surface area contributed by atoms with Gasteiger partial charge in [0.05, 0.1) is 16.5 Å². The highest BCUT2D eigenvalue weighted by atomic mass is 35.5. The first-order valence-electron chi connectivity index (χ1n) is 9.53. The minimum atomic E-state index is -3.67. The number of fused-ring (bicyclic) bond motifs is 2. The molecule has 2 aliphatic carbocycles. The van der Waals surface area contributed by atoms with E-state index < -0.39 is 15.4 Å². The molecule has 2 fully saturated rings. The summed E-state index contributed by atoms with van der Waals surface area (Å²) in [5.74, 6) is -0.204. The van der Waals surface area contributed by atoms with Crippen LogP contribution in [0.25, 0.3) is 0 Å². The van der Waals surface area contributed by atoms with Crippen LogP contribution in [0.1, 0.15) is 45.1 Å². The summed E-state index contributed by atoms with van der Waals surface area (Å²) in [7, 11) is -3.67. The molecule has 0 spiro atoms. The van der Waals surface area contributed by atoms with E-state index in [1.165, 1.54) is 0 Å². The fourth-order valence-electron chi connectivity index (χ4n) is 4.74. The third kappa shape index (κ3) is 3.84. The number of sulfonamides is 1. The number of anilines is 1. The fourth-order valence-corrected chi connectivity index (χ4v) is 6.86. The number of amides is 1. The minimum Gasteiger partial charge on any atom is -0.325 e. The molecular formula is C20H27ClN2O4S. The van der Waals surface area contributed by atoms with Crippen LogP contribution in [0.3, 0.4) is 0 Å². The van der Waals surface area contributed by atoms with Gasteiger partial charge in [-0.25, -0.2) is 13.1 Å². The number of benzene rings is 1. The maximum atomic E-state index is 12.6. The van der Waals surface area contributed by atoms with Gasteiger partial charge in [-0.1, -0.05) is 31.5 Å². The van der Waals surface area contributed by atoms with Gasteiger partial charge in [-0.05, 0) is 48.8 Å². The van der Waals surface area contributed by atoms with Crippen LogP contribution >= 0.6 is 11.6 Å². The smallest absolute Gasteiger partial charge is 0.225 e. The minimum absolute atomic E-state index is 0.0175. The third-order valence-electron chi connectivity index (χ3n) is 6.65. The topological polar surface area (TPSA) is 92.3 Å². The van der Waals surface area contributed by atoms with Crippen LogP contribution in [0.4, 0.5) is 5.69 Å². The number of hydrogen-bond acceptors (Lipinski definition) is 4. The molecule has 2 N–H and O–H groups in total. The first-order chi connectivity index (χ1) is 13.0. The van der Waals surface area contributed by atoms with Crippen LogP contribution in [-0.2, 0) is 19.6 Å². The van der Waals surface area contributed by atoms with Crippen molar-refractivity contribution in [3.05, 3.63) is 28.8 Å². The van der Waals surface area contributed by atoms with Crippen LogP contribution in [0.2, 0.25) is 5.02 Å². The lowest BCUT2D eigenvalue weighted by Gasteiger charge is -2.36. The summed E-state index contributed by atoms with van der Waals surface area (Å²) < 4.78 is 27.7. The lowest BCUT2D eigenvalue weighted by Crippen LogP contribution is -2.45. The van der Waals surface area contributed by atoms with Crippen LogP contribution in [0, 0.1) is 23.7 Å². The first kappa shape index (κ1) is 21.3. The van der Waals surface area contributed by atoms with E-state index in [4.69, 9.17) is 11.6 Å². The Bertz CT molecular complexity index is 913. The van der Waals surface area contributed by atoms with Crippen molar-refractivity contribution < 1.29 is 18.0 Å². The average molecular weight is 427 g/mol. The van der Waals surface area contributed by atoms with Gasteiger partial charge in [-0.15, -0.1) is 0 Å². The predicted molar refractivity (Wildman–Crippen MR) is 110 cm³/mol. The lowest BCUT2D eigenvalue weighted by atomic mass is 9.70. The number of hydrogen-bond donors (Lipinski definition) is 2. The molecule has 8 heteroatoms. The summed E-state index contributed by atoms with van der Waals surface area (Å²) in [4.78, 5) is 24.6. The Morgan fingerprint density at radius 2 is 2.04 bits per heavy atom. The molecule has 1 amide bonds. The monoisotopic (exact) mass is 426 g/mol. The molecule has 0 aliphatic heterocycles. The second kappa shape index (κ2) is 7.43. The van der Waals surface area contributed by atoms with E-state index >= 15 is 0 Å². The molecule has 2 unspecified atom stereocenters. The normalized spacial score (nSPS) is 25.9. The van der Waals surface area contributed by atoms with Gasteiger partial charge in [0, 0.05) is 24.8 Å². The molecule has 0 aromatic heterocycles. The number of halogens is 1. The van der Waals surface area contributed by atoms with Gasteiger partial charge in [-0.2, -0.15) is 0 Å². The Morgan fingerprint density at radius 1 is 1.32 bits per heavy atom. The summed E-state index contributed by atoms with van der Waals surface area (Å²) in [6, 6.07) is 5.29. The van der Waals surface area contributed by atoms with Gasteiger partial charge < -0.3 is 5.32 Å². The zero-order valence-corrected chi connectivity index (χ0v) is 18.0. The number of ketones is 1. The summed E-state index contributed by atoms with van der Waals surface area (Å²) in [5, 5.41) is 3.12. The number of Topliss-reactive ketones (excluding diaryl/α,β-unsaturated/α-hetero) is 1. The van der Waals surface area contributed by atoms with Gasteiger partial charge in [0.25, 0.3) is 0 Å². The van der Waals surface area contributed by atoms with Gasteiger partial charge in [0.15, 0.2) is 0 Å². The average Bonchev–Trinajstić information content (AvgIpc) is 2.91. The van der Waals surface area contributed by atoms with Crippen LogP contribution < -0.4 is 10.0 Å². The molecule has 1 aromatic carbocycles. The molecule has 0 heterocycles. The van der Waals surface area contributed by atoms with E-state index in [2.05, 4.69) is 10.0 Å². The third-order valence-corrected chi connectivity index (χ3v) is 8.48. The molecular weight excluding hydrogens is 400 g/mol. The second-order valence-electron chi connectivity index (χ2n) is 8.60. The molecule has 2 atom stereocenters. The Kier molecular flexibility index (Phi) is 5.64. The van der Waals surface area contributed by atoms with Crippen molar-refractivity contribution in [1.29, 1.82) is 0 Å². The van der Waals surface area contributed by atoms with Gasteiger partial charge >= 0.3 is 0 Å². The molecule has 0 saturated heterocycles. The van der Waals surface area contributed by atoms with Crippen molar-refractivity contribution >= 4 is 39.0 Å². The van der Waals surface area contributed by atoms with E-state index in [0.29, 0.717) is 23.6 Å².